The smallest absolute Gasteiger partial charge is 0.210 e. The van der Waals surface area contributed by atoms with Gasteiger partial charge in [-0.15, -0.1) is 0 Å². The van der Waals surface area contributed by atoms with Crippen molar-refractivity contribution in [1.82, 2.24) is 4.40 Å². The van der Waals surface area contributed by atoms with Gasteiger partial charge in [-0.1, -0.05) is 0 Å². The first-order chi connectivity index (χ1) is 11.5. The summed E-state index contributed by atoms with van der Waals surface area (Å²) < 4.78 is 6.95. The fraction of sp³-hybridized carbons (Fsp3) is 0.111. The zero-order valence-electron chi connectivity index (χ0n) is 13.2. The van der Waals surface area contributed by atoms with Crippen molar-refractivity contribution in [2.24, 2.45) is 0 Å². The second kappa shape index (κ2) is 5.73. The molecule has 0 unspecified atom stereocenters. The second-order valence-electron chi connectivity index (χ2n) is 5.41. The Labute approximate surface area is 138 Å². The Morgan fingerprint density at radius 1 is 1.33 bits per heavy atom. The number of fused-ring (bicyclic) bond motifs is 1. The first kappa shape index (κ1) is 15.6. The lowest BCUT2D eigenvalue weighted by Gasteiger charge is -2.06. The van der Waals surface area contributed by atoms with Crippen LogP contribution in [0.1, 0.15) is 32.0 Å². The third-order valence-corrected chi connectivity index (χ3v) is 4.02. The number of nitrogens with zero attached hydrogens (tertiary/aromatic N) is 1. The maximum atomic E-state index is 13.0. The average Bonchev–Trinajstić information content (AvgIpc) is 2.87. The van der Waals surface area contributed by atoms with E-state index in [0.29, 0.717) is 40.1 Å². The van der Waals surface area contributed by atoms with E-state index in [0.717, 1.165) is 0 Å². The number of benzene rings is 1. The number of hydrogen-bond acceptors (Lipinski definition) is 5. The maximum absolute atomic E-state index is 13.0. The number of hydrogen-bond donors (Lipinski definition) is 2. The first-order valence-corrected chi connectivity index (χ1v) is 7.25. The molecule has 0 saturated carbocycles. The van der Waals surface area contributed by atoms with Gasteiger partial charge in [-0.3, -0.25) is 9.59 Å². The highest BCUT2D eigenvalue weighted by atomic mass is 16.5. The van der Waals surface area contributed by atoms with Crippen molar-refractivity contribution in [3.05, 3.63) is 58.9 Å². The Morgan fingerprint density at radius 2 is 2.08 bits per heavy atom. The average molecular weight is 324 g/mol. The number of carbonyl (C=O) groups is 2. The summed E-state index contributed by atoms with van der Waals surface area (Å²) >= 11 is 0. The molecule has 0 aliphatic carbocycles. The topological polar surface area (TPSA) is 94.0 Å². The van der Waals surface area contributed by atoms with Crippen molar-refractivity contribution >= 4 is 23.3 Å². The Kier molecular flexibility index (Phi) is 3.73. The van der Waals surface area contributed by atoms with Crippen LogP contribution in [-0.2, 0) is 0 Å². The van der Waals surface area contributed by atoms with Crippen molar-refractivity contribution in [2.45, 2.75) is 6.92 Å². The van der Waals surface area contributed by atoms with Gasteiger partial charge in [0.2, 0.25) is 5.78 Å². The molecule has 0 bridgehead atoms. The molecule has 6 nitrogen and oxygen atoms in total. The van der Waals surface area contributed by atoms with Crippen molar-refractivity contribution < 1.29 is 19.4 Å². The van der Waals surface area contributed by atoms with Gasteiger partial charge in [-0.25, -0.2) is 0 Å². The maximum Gasteiger partial charge on any atom is 0.210 e. The number of aldehydes is 1. The Hall–Kier alpha value is -3.28. The number of methoxy groups -OCH3 is 1. The number of aromatic hydroxyl groups is 1. The van der Waals surface area contributed by atoms with E-state index in [1.165, 1.54) is 25.3 Å². The number of aromatic nitrogens is 1. The number of nitrogen functional groups attached to an aromatic ring is 1. The predicted molar refractivity (Wildman–Crippen MR) is 90.0 cm³/mol. The molecule has 0 saturated heterocycles. The summed E-state index contributed by atoms with van der Waals surface area (Å²) in [5.74, 6) is 0.157. The fourth-order valence-corrected chi connectivity index (χ4v) is 2.86. The fourth-order valence-electron chi connectivity index (χ4n) is 2.86. The third-order valence-electron chi connectivity index (χ3n) is 4.02. The van der Waals surface area contributed by atoms with Gasteiger partial charge >= 0.3 is 0 Å². The Balaban J connectivity index is 2.26. The molecule has 0 spiro atoms. The Bertz CT molecular complexity index is 973. The highest BCUT2D eigenvalue weighted by molar-refractivity contribution is 6.11. The quantitative estimate of drug-likeness (QED) is 0.437. The van der Waals surface area contributed by atoms with Crippen molar-refractivity contribution in [2.75, 3.05) is 12.8 Å². The minimum Gasteiger partial charge on any atom is -0.506 e. The minimum absolute atomic E-state index is 0.0161. The summed E-state index contributed by atoms with van der Waals surface area (Å²) in [4.78, 5) is 24.0. The van der Waals surface area contributed by atoms with Crippen LogP contribution in [0.5, 0.6) is 11.5 Å². The van der Waals surface area contributed by atoms with E-state index < -0.39 is 0 Å². The lowest BCUT2D eigenvalue weighted by Crippen LogP contribution is -2.08. The van der Waals surface area contributed by atoms with Gasteiger partial charge in [0.15, 0.2) is 12.0 Å². The molecule has 6 heteroatoms. The first-order valence-electron chi connectivity index (χ1n) is 7.25. The van der Waals surface area contributed by atoms with Gasteiger partial charge in [0, 0.05) is 28.6 Å². The number of pyridine rings is 1. The molecule has 0 atom stereocenters. The van der Waals surface area contributed by atoms with E-state index in [4.69, 9.17) is 10.5 Å². The van der Waals surface area contributed by atoms with Gasteiger partial charge in [0.05, 0.1) is 7.11 Å². The molecule has 122 valence electrons. The lowest BCUT2D eigenvalue weighted by atomic mass is 10.0. The van der Waals surface area contributed by atoms with Crippen LogP contribution in [-0.4, -0.2) is 28.7 Å². The number of rotatable bonds is 4. The highest BCUT2D eigenvalue weighted by Crippen LogP contribution is 2.36. The van der Waals surface area contributed by atoms with Gasteiger partial charge in [-0.2, -0.15) is 0 Å². The van der Waals surface area contributed by atoms with E-state index >= 15 is 0 Å². The molecular formula is C18H16N2O4. The molecule has 0 radical (unpaired) electrons. The molecule has 0 aliphatic heterocycles. The van der Waals surface area contributed by atoms with Crippen molar-refractivity contribution in [1.29, 1.82) is 0 Å². The normalized spacial score (nSPS) is 10.8. The summed E-state index contributed by atoms with van der Waals surface area (Å²) in [5.41, 5.74) is 8.00. The highest BCUT2D eigenvalue weighted by Gasteiger charge is 2.24. The van der Waals surface area contributed by atoms with E-state index in [1.54, 1.807) is 29.7 Å². The molecule has 1 aromatic carbocycles. The SMILES string of the molecule is COc1c(C)c(C(=O)c2ccc(N)c(C=O)c2)n2cccc(O)c12. The van der Waals surface area contributed by atoms with Gasteiger partial charge in [-0.05, 0) is 37.3 Å². The molecule has 0 fully saturated rings. The van der Waals surface area contributed by atoms with E-state index in [-0.39, 0.29) is 17.1 Å². The molecule has 24 heavy (non-hydrogen) atoms. The van der Waals surface area contributed by atoms with Crippen LogP contribution in [0.4, 0.5) is 5.69 Å². The predicted octanol–water partition coefficient (Wildman–Crippen LogP) is 2.59. The number of ketones is 1. The molecule has 0 amide bonds. The van der Waals surface area contributed by atoms with Crippen LogP contribution >= 0.6 is 0 Å². The largest absolute Gasteiger partial charge is 0.506 e. The molecule has 3 aromatic rings. The summed E-state index contributed by atoms with van der Waals surface area (Å²) in [7, 11) is 1.48. The molecule has 3 rings (SSSR count). The summed E-state index contributed by atoms with van der Waals surface area (Å²) in [6.45, 7) is 1.75. The zero-order chi connectivity index (χ0) is 17.4. The molecule has 2 aromatic heterocycles. The Morgan fingerprint density at radius 3 is 2.75 bits per heavy atom. The number of ether oxygens (including phenoxy) is 1. The van der Waals surface area contributed by atoms with E-state index in [9.17, 15) is 14.7 Å². The van der Waals surface area contributed by atoms with Gasteiger partial charge in [0.1, 0.15) is 17.0 Å². The van der Waals surface area contributed by atoms with Gasteiger partial charge in [0.25, 0.3) is 0 Å². The zero-order valence-corrected chi connectivity index (χ0v) is 13.2. The lowest BCUT2D eigenvalue weighted by molar-refractivity contribution is 0.103. The third kappa shape index (κ3) is 2.20. The molecular weight excluding hydrogens is 308 g/mol. The second-order valence-corrected chi connectivity index (χ2v) is 5.41. The number of carbonyl (C=O) groups excluding carboxylic acids is 2. The minimum atomic E-state index is -0.292. The molecule has 2 heterocycles. The molecule has 0 aliphatic rings. The molecule has 3 N–H and O–H groups in total. The van der Waals surface area contributed by atoms with Crippen LogP contribution in [0.2, 0.25) is 0 Å². The summed E-state index contributed by atoms with van der Waals surface area (Å²) in [6, 6.07) is 7.71. The van der Waals surface area contributed by atoms with E-state index in [1.807, 2.05) is 0 Å². The van der Waals surface area contributed by atoms with Crippen LogP contribution in [0.25, 0.3) is 5.52 Å². The van der Waals surface area contributed by atoms with Crippen LogP contribution in [0, 0.1) is 6.92 Å². The van der Waals surface area contributed by atoms with E-state index in [2.05, 4.69) is 0 Å². The summed E-state index contributed by atoms with van der Waals surface area (Å²) in [5, 5.41) is 10.1. The van der Waals surface area contributed by atoms with Crippen LogP contribution in [0.15, 0.2) is 36.5 Å². The van der Waals surface area contributed by atoms with Crippen molar-refractivity contribution in [3.8, 4) is 11.5 Å². The monoisotopic (exact) mass is 324 g/mol. The van der Waals surface area contributed by atoms with Crippen molar-refractivity contribution in [3.63, 3.8) is 0 Å². The van der Waals surface area contributed by atoms with Crippen LogP contribution < -0.4 is 10.5 Å². The number of nitrogens with two attached hydrogens (primary N) is 1. The summed E-state index contributed by atoms with van der Waals surface area (Å²) in [6.07, 6.45) is 2.29. The number of anilines is 1. The van der Waals surface area contributed by atoms with Crippen LogP contribution in [0.3, 0.4) is 0 Å². The standard InChI is InChI=1S/C18H16N2O4/c1-10-15(17(23)11-5-6-13(19)12(8-11)9-21)20-7-3-4-14(22)16(20)18(10)24-2/h3-9,22H,19H2,1-2H3. The van der Waals surface area contributed by atoms with Gasteiger partial charge < -0.3 is 20.0 Å².